The largest absolute Gasteiger partial charge is 0.497 e. The van der Waals surface area contributed by atoms with Gasteiger partial charge in [-0.3, -0.25) is 4.72 Å². The fraction of sp³-hybridized carbons (Fsp3) is 0.455. The molecular weight excluding hydrogens is 226 g/mol. The van der Waals surface area contributed by atoms with Gasteiger partial charge in [0.15, 0.2) is 0 Å². The van der Waals surface area contributed by atoms with Crippen molar-refractivity contribution >= 4 is 15.7 Å². The van der Waals surface area contributed by atoms with E-state index in [9.17, 15) is 8.42 Å². The number of methoxy groups -OCH3 is 1. The maximum absolute atomic E-state index is 11.6. The first kappa shape index (κ1) is 12.8. The summed E-state index contributed by atoms with van der Waals surface area (Å²) in [4.78, 5) is 0. The molecule has 0 spiro atoms. The van der Waals surface area contributed by atoms with Crippen LogP contribution >= 0.6 is 0 Å². The van der Waals surface area contributed by atoms with Crippen molar-refractivity contribution in [3.63, 3.8) is 0 Å². The molecule has 0 aliphatic heterocycles. The van der Waals surface area contributed by atoms with Crippen molar-refractivity contribution in [2.45, 2.75) is 19.8 Å². The summed E-state index contributed by atoms with van der Waals surface area (Å²) in [5.41, 5.74) is 0.567. The maximum atomic E-state index is 11.6. The third-order valence-electron chi connectivity index (χ3n) is 2.13. The summed E-state index contributed by atoms with van der Waals surface area (Å²) < 4.78 is 30.6. The van der Waals surface area contributed by atoms with Crippen molar-refractivity contribution in [2.24, 2.45) is 0 Å². The Labute approximate surface area is 96.7 Å². The highest BCUT2D eigenvalue weighted by molar-refractivity contribution is 7.92. The highest BCUT2D eigenvalue weighted by Gasteiger charge is 2.08. The summed E-state index contributed by atoms with van der Waals surface area (Å²) in [6.07, 6.45) is 1.54. The van der Waals surface area contributed by atoms with E-state index in [2.05, 4.69) is 4.72 Å². The van der Waals surface area contributed by atoms with Crippen LogP contribution in [0.15, 0.2) is 24.3 Å². The number of nitrogens with one attached hydrogen (secondary N) is 1. The molecule has 0 heterocycles. The van der Waals surface area contributed by atoms with E-state index in [-0.39, 0.29) is 5.75 Å². The number of benzene rings is 1. The van der Waals surface area contributed by atoms with Crippen LogP contribution in [-0.4, -0.2) is 21.3 Å². The molecule has 0 fully saturated rings. The quantitative estimate of drug-likeness (QED) is 0.833. The summed E-state index contributed by atoms with van der Waals surface area (Å²) >= 11 is 0. The van der Waals surface area contributed by atoms with Gasteiger partial charge in [0.1, 0.15) is 5.75 Å². The first-order chi connectivity index (χ1) is 7.57. The summed E-state index contributed by atoms with van der Waals surface area (Å²) in [7, 11) is -1.64. The summed E-state index contributed by atoms with van der Waals surface area (Å²) in [5.74, 6) is 0.867. The van der Waals surface area contributed by atoms with Crippen LogP contribution in [0, 0.1) is 0 Å². The van der Waals surface area contributed by atoms with Crippen molar-refractivity contribution in [3.8, 4) is 5.75 Å². The molecule has 5 heteroatoms. The minimum Gasteiger partial charge on any atom is -0.497 e. The molecule has 1 aromatic carbocycles. The Balaban J connectivity index is 2.65. The predicted octanol–water partition coefficient (Wildman–Crippen LogP) is 2.24. The molecule has 1 rings (SSSR count). The lowest BCUT2D eigenvalue weighted by atomic mass is 10.3. The zero-order valence-corrected chi connectivity index (χ0v) is 10.4. The lowest BCUT2D eigenvalue weighted by Gasteiger charge is -2.07. The van der Waals surface area contributed by atoms with Gasteiger partial charge in [-0.15, -0.1) is 0 Å². The monoisotopic (exact) mass is 243 g/mol. The first-order valence-corrected chi connectivity index (χ1v) is 6.87. The molecular formula is C11H17NO3S. The Morgan fingerprint density at radius 2 is 1.88 bits per heavy atom. The Morgan fingerprint density at radius 1 is 1.25 bits per heavy atom. The van der Waals surface area contributed by atoms with Crippen LogP contribution in [0.1, 0.15) is 19.8 Å². The zero-order valence-electron chi connectivity index (χ0n) is 9.56. The van der Waals surface area contributed by atoms with Crippen molar-refractivity contribution in [1.82, 2.24) is 0 Å². The van der Waals surface area contributed by atoms with Gasteiger partial charge in [-0.2, -0.15) is 0 Å². The minimum absolute atomic E-state index is 0.162. The highest BCUT2D eigenvalue weighted by Crippen LogP contribution is 2.16. The zero-order chi connectivity index (χ0) is 12.0. The van der Waals surface area contributed by atoms with Gasteiger partial charge in [0.2, 0.25) is 10.0 Å². The number of hydrogen-bond acceptors (Lipinski definition) is 3. The van der Waals surface area contributed by atoms with Gasteiger partial charge in [0.25, 0.3) is 0 Å². The lowest BCUT2D eigenvalue weighted by Crippen LogP contribution is -2.16. The molecule has 0 radical (unpaired) electrons. The van der Waals surface area contributed by atoms with Crippen LogP contribution in [0.5, 0.6) is 5.75 Å². The van der Waals surface area contributed by atoms with E-state index in [1.807, 2.05) is 6.92 Å². The number of rotatable bonds is 6. The third-order valence-corrected chi connectivity index (χ3v) is 3.50. The van der Waals surface area contributed by atoms with Crippen molar-refractivity contribution in [2.75, 3.05) is 17.6 Å². The SMILES string of the molecule is CCCCS(=O)(=O)Nc1ccc(OC)cc1. The molecule has 0 bridgehead atoms. The molecule has 0 aliphatic rings. The van der Waals surface area contributed by atoms with Gasteiger partial charge in [0, 0.05) is 5.69 Å². The molecule has 0 saturated heterocycles. The lowest BCUT2D eigenvalue weighted by molar-refractivity contribution is 0.415. The van der Waals surface area contributed by atoms with Crippen molar-refractivity contribution in [3.05, 3.63) is 24.3 Å². The van der Waals surface area contributed by atoms with Crippen LogP contribution in [0.3, 0.4) is 0 Å². The average Bonchev–Trinajstić information content (AvgIpc) is 2.27. The second kappa shape index (κ2) is 5.75. The maximum Gasteiger partial charge on any atom is 0.232 e. The van der Waals surface area contributed by atoms with Gasteiger partial charge >= 0.3 is 0 Å². The molecule has 0 saturated carbocycles. The van der Waals surface area contributed by atoms with Crippen LogP contribution < -0.4 is 9.46 Å². The summed E-state index contributed by atoms with van der Waals surface area (Å²) in [6, 6.07) is 6.81. The van der Waals surface area contributed by atoms with Crippen molar-refractivity contribution in [1.29, 1.82) is 0 Å². The number of anilines is 1. The normalized spacial score (nSPS) is 11.1. The topological polar surface area (TPSA) is 55.4 Å². The molecule has 1 N–H and O–H groups in total. The van der Waals surface area contributed by atoms with E-state index in [0.29, 0.717) is 17.9 Å². The van der Waals surface area contributed by atoms with Crippen LogP contribution in [-0.2, 0) is 10.0 Å². The van der Waals surface area contributed by atoms with E-state index in [1.165, 1.54) is 0 Å². The van der Waals surface area contributed by atoms with Gasteiger partial charge in [-0.1, -0.05) is 13.3 Å². The van der Waals surface area contributed by atoms with Crippen LogP contribution in [0.25, 0.3) is 0 Å². The summed E-state index contributed by atoms with van der Waals surface area (Å²) in [5, 5.41) is 0. The molecule has 16 heavy (non-hydrogen) atoms. The minimum atomic E-state index is -3.21. The Hall–Kier alpha value is -1.23. The third kappa shape index (κ3) is 4.10. The highest BCUT2D eigenvalue weighted by atomic mass is 32.2. The molecule has 0 aromatic heterocycles. The Bertz CT molecular complexity index is 411. The van der Waals surface area contributed by atoms with Crippen molar-refractivity contribution < 1.29 is 13.2 Å². The molecule has 1 aromatic rings. The van der Waals surface area contributed by atoms with Gasteiger partial charge in [0.05, 0.1) is 12.9 Å². The summed E-state index contributed by atoms with van der Waals surface area (Å²) in [6.45, 7) is 1.96. The standard InChI is InChI=1S/C11H17NO3S/c1-3-4-9-16(13,14)12-10-5-7-11(15-2)8-6-10/h5-8,12H,3-4,9H2,1-2H3. The predicted molar refractivity (Wildman–Crippen MR) is 65.3 cm³/mol. The fourth-order valence-electron chi connectivity index (χ4n) is 1.22. The first-order valence-electron chi connectivity index (χ1n) is 5.22. The van der Waals surface area contributed by atoms with E-state index >= 15 is 0 Å². The number of ether oxygens (including phenoxy) is 1. The van der Waals surface area contributed by atoms with E-state index in [1.54, 1.807) is 31.4 Å². The van der Waals surface area contributed by atoms with E-state index in [0.717, 1.165) is 6.42 Å². The molecule has 90 valence electrons. The molecule has 0 aliphatic carbocycles. The Morgan fingerprint density at radius 3 is 2.38 bits per heavy atom. The molecule has 4 nitrogen and oxygen atoms in total. The fourth-order valence-corrected chi connectivity index (χ4v) is 2.49. The van der Waals surface area contributed by atoms with Gasteiger partial charge in [-0.25, -0.2) is 8.42 Å². The van der Waals surface area contributed by atoms with Gasteiger partial charge in [-0.05, 0) is 30.7 Å². The molecule has 0 unspecified atom stereocenters. The smallest absolute Gasteiger partial charge is 0.232 e. The number of unbranched alkanes of at least 4 members (excludes halogenated alkanes) is 1. The molecule has 0 atom stereocenters. The average molecular weight is 243 g/mol. The van der Waals surface area contributed by atoms with Gasteiger partial charge < -0.3 is 4.74 Å². The second-order valence-corrected chi connectivity index (χ2v) is 5.34. The molecule has 0 amide bonds. The Kier molecular flexibility index (Phi) is 4.61. The van der Waals surface area contributed by atoms with Crippen LogP contribution in [0.4, 0.5) is 5.69 Å². The van der Waals surface area contributed by atoms with E-state index in [4.69, 9.17) is 4.74 Å². The second-order valence-electron chi connectivity index (χ2n) is 3.50. The van der Waals surface area contributed by atoms with Crippen LogP contribution in [0.2, 0.25) is 0 Å². The van der Waals surface area contributed by atoms with E-state index < -0.39 is 10.0 Å². The number of sulfonamides is 1. The number of hydrogen-bond donors (Lipinski definition) is 1.